The Bertz CT molecular complexity index is 644. The second-order valence-electron chi connectivity index (χ2n) is 7.01. The molecule has 1 aromatic rings. The van der Waals surface area contributed by atoms with E-state index in [4.69, 9.17) is 16.3 Å². The fourth-order valence-electron chi connectivity index (χ4n) is 2.55. The molecule has 0 aromatic heterocycles. The van der Waals surface area contributed by atoms with Crippen LogP contribution in [0, 0.1) is 5.92 Å². The maximum absolute atomic E-state index is 12.7. The number of methoxy groups -OCH3 is 1. The molecule has 1 aliphatic heterocycles. The third-order valence-electron chi connectivity index (χ3n) is 3.78. The van der Waals surface area contributed by atoms with Gasteiger partial charge in [-0.1, -0.05) is 37.2 Å². The highest BCUT2D eigenvalue weighted by molar-refractivity contribution is 8.15. The van der Waals surface area contributed by atoms with Gasteiger partial charge in [0.15, 0.2) is 5.17 Å². The molecule has 0 spiro atoms. The van der Waals surface area contributed by atoms with Crippen molar-refractivity contribution in [1.29, 1.82) is 0 Å². The van der Waals surface area contributed by atoms with Gasteiger partial charge in [-0.15, -0.1) is 0 Å². The zero-order valence-electron chi connectivity index (χ0n) is 14.9. The third-order valence-corrected chi connectivity index (χ3v) is 5.22. The van der Waals surface area contributed by atoms with Crippen molar-refractivity contribution in [3.05, 3.63) is 28.8 Å². The number of amides is 1. The summed E-state index contributed by atoms with van der Waals surface area (Å²) in [6.45, 7) is 10.6. The van der Waals surface area contributed by atoms with E-state index in [1.807, 2.05) is 0 Å². The first-order valence-electron chi connectivity index (χ1n) is 8.12. The number of thioether (sulfide) groups is 1. The van der Waals surface area contributed by atoms with Crippen LogP contribution in [-0.4, -0.2) is 40.9 Å². The molecule has 0 aliphatic carbocycles. The Labute approximate surface area is 153 Å². The van der Waals surface area contributed by atoms with Crippen molar-refractivity contribution >= 4 is 34.4 Å². The molecule has 4 nitrogen and oxygen atoms in total. The number of hydrogen-bond donors (Lipinski definition) is 0. The van der Waals surface area contributed by atoms with E-state index in [0.717, 1.165) is 24.7 Å². The molecule has 132 valence electrons. The summed E-state index contributed by atoms with van der Waals surface area (Å²) in [4.78, 5) is 19.2. The van der Waals surface area contributed by atoms with Crippen LogP contribution >= 0.6 is 23.4 Å². The zero-order valence-corrected chi connectivity index (χ0v) is 16.5. The van der Waals surface area contributed by atoms with Gasteiger partial charge in [0.2, 0.25) is 0 Å². The minimum absolute atomic E-state index is 0.0501. The van der Waals surface area contributed by atoms with Crippen LogP contribution in [0.25, 0.3) is 0 Å². The minimum atomic E-state index is -0.316. The molecule has 0 N–H and O–H groups in total. The van der Waals surface area contributed by atoms with Gasteiger partial charge in [0.05, 0.1) is 12.7 Å². The summed E-state index contributed by atoms with van der Waals surface area (Å²) >= 11 is 7.67. The number of carbonyl (C=O) groups excluding carboxylic acids is 1. The molecule has 1 fully saturated rings. The van der Waals surface area contributed by atoms with Gasteiger partial charge in [0.1, 0.15) is 5.75 Å². The lowest BCUT2D eigenvalue weighted by Crippen LogP contribution is -2.30. The number of rotatable bonds is 5. The van der Waals surface area contributed by atoms with Crippen LogP contribution in [0.3, 0.4) is 0 Å². The number of amidine groups is 1. The maximum Gasteiger partial charge on any atom is 0.283 e. The monoisotopic (exact) mass is 368 g/mol. The summed E-state index contributed by atoms with van der Waals surface area (Å²) in [5.41, 5.74) is 0.395. The number of nitrogens with zero attached hydrogens (tertiary/aromatic N) is 2. The Morgan fingerprint density at radius 1 is 1.46 bits per heavy atom. The highest BCUT2D eigenvalue weighted by Gasteiger charge is 2.35. The topological polar surface area (TPSA) is 41.9 Å². The Kier molecular flexibility index (Phi) is 6.21. The first-order valence-corrected chi connectivity index (χ1v) is 9.32. The van der Waals surface area contributed by atoms with Gasteiger partial charge in [-0.05, 0) is 44.4 Å². The van der Waals surface area contributed by atoms with Crippen molar-refractivity contribution in [1.82, 2.24) is 4.90 Å². The third kappa shape index (κ3) is 4.90. The van der Waals surface area contributed by atoms with Crippen LogP contribution in [0.1, 0.15) is 44.5 Å². The zero-order chi connectivity index (χ0) is 17.9. The maximum atomic E-state index is 12.7. The van der Waals surface area contributed by atoms with Crippen LogP contribution in [0.15, 0.2) is 23.2 Å². The molecule has 0 radical (unpaired) electrons. The molecule has 1 amide bonds. The molecule has 2 rings (SSSR count). The first-order chi connectivity index (χ1) is 11.2. The molecule has 0 unspecified atom stereocenters. The van der Waals surface area contributed by atoms with Gasteiger partial charge < -0.3 is 9.64 Å². The number of halogens is 1. The van der Waals surface area contributed by atoms with Gasteiger partial charge in [0.25, 0.3) is 5.91 Å². The number of aliphatic imine (C=N–C) groups is 1. The lowest BCUT2D eigenvalue weighted by molar-refractivity contribution is 0.0999. The number of hydrogen-bond acceptors (Lipinski definition) is 3. The van der Waals surface area contributed by atoms with Crippen molar-refractivity contribution < 1.29 is 9.53 Å². The van der Waals surface area contributed by atoms with E-state index in [2.05, 4.69) is 37.6 Å². The predicted octanol–water partition coefficient (Wildman–Crippen LogP) is 4.72. The van der Waals surface area contributed by atoms with Crippen LogP contribution in [-0.2, 0) is 0 Å². The average Bonchev–Trinajstić information content (AvgIpc) is 2.78. The average molecular weight is 369 g/mol. The quantitative estimate of drug-likeness (QED) is 0.754. The lowest BCUT2D eigenvalue weighted by Gasteiger charge is -2.20. The smallest absolute Gasteiger partial charge is 0.283 e. The molecule has 0 atom stereocenters. The van der Waals surface area contributed by atoms with Crippen molar-refractivity contribution in [3.8, 4) is 5.75 Å². The van der Waals surface area contributed by atoms with Crippen LogP contribution in [0.2, 0.25) is 5.02 Å². The van der Waals surface area contributed by atoms with Gasteiger partial charge >= 0.3 is 0 Å². The highest BCUT2D eigenvalue weighted by Crippen LogP contribution is 2.36. The van der Waals surface area contributed by atoms with Gasteiger partial charge in [-0.3, -0.25) is 4.79 Å². The molecule has 1 aliphatic rings. The second kappa shape index (κ2) is 7.79. The number of benzene rings is 1. The van der Waals surface area contributed by atoms with Gasteiger partial charge in [-0.2, -0.15) is 4.99 Å². The van der Waals surface area contributed by atoms with Gasteiger partial charge in [-0.25, -0.2) is 0 Å². The SMILES string of the molecule is COc1ccc(Cl)cc1C(=O)N=C1SC(C)(C)CN1CCC(C)C. The summed E-state index contributed by atoms with van der Waals surface area (Å²) < 4.78 is 5.31. The molecular formula is C18H25ClN2O2S. The predicted molar refractivity (Wildman–Crippen MR) is 102 cm³/mol. The normalized spacial score (nSPS) is 18.5. The molecule has 6 heteroatoms. The Morgan fingerprint density at radius 3 is 2.79 bits per heavy atom. The van der Waals surface area contributed by atoms with Crippen molar-refractivity contribution in [2.45, 2.75) is 38.9 Å². The Hall–Kier alpha value is -1.20. The standard InChI is InChI=1S/C18H25ClN2O2S/c1-12(2)8-9-21-11-18(3,4)24-17(21)20-16(22)14-10-13(19)6-7-15(14)23-5/h6-7,10,12H,8-9,11H2,1-5H3. The molecule has 1 aromatic carbocycles. The summed E-state index contributed by atoms with van der Waals surface area (Å²) in [7, 11) is 1.54. The molecule has 1 saturated heterocycles. The largest absolute Gasteiger partial charge is 0.496 e. The molecule has 0 saturated carbocycles. The number of ether oxygens (including phenoxy) is 1. The fraction of sp³-hybridized carbons (Fsp3) is 0.556. The van der Waals surface area contributed by atoms with E-state index in [1.165, 1.54) is 7.11 Å². The first kappa shape index (κ1) is 19.1. The van der Waals surface area contributed by atoms with E-state index >= 15 is 0 Å². The second-order valence-corrected chi connectivity index (χ2v) is 9.12. The van der Waals surface area contributed by atoms with Crippen LogP contribution in [0.4, 0.5) is 0 Å². The van der Waals surface area contributed by atoms with E-state index < -0.39 is 0 Å². The Balaban J connectivity index is 2.26. The molecule has 0 bridgehead atoms. The molecule has 24 heavy (non-hydrogen) atoms. The van der Waals surface area contributed by atoms with E-state index in [1.54, 1.807) is 30.0 Å². The van der Waals surface area contributed by atoms with Crippen molar-refractivity contribution in [3.63, 3.8) is 0 Å². The fourth-order valence-corrected chi connectivity index (χ4v) is 3.85. The summed E-state index contributed by atoms with van der Waals surface area (Å²) in [5.74, 6) is 0.789. The van der Waals surface area contributed by atoms with Gasteiger partial charge in [0, 0.05) is 22.9 Å². The van der Waals surface area contributed by atoms with Crippen LogP contribution in [0.5, 0.6) is 5.75 Å². The molecule has 1 heterocycles. The van der Waals surface area contributed by atoms with Crippen molar-refractivity contribution in [2.75, 3.05) is 20.2 Å². The summed E-state index contributed by atoms with van der Waals surface area (Å²) in [6.07, 6.45) is 1.07. The highest BCUT2D eigenvalue weighted by atomic mass is 35.5. The van der Waals surface area contributed by atoms with Crippen molar-refractivity contribution in [2.24, 2.45) is 10.9 Å². The van der Waals surface area contributed by atoms with E-state index in [0.29, 0.717) is 22.3 Å². The van der Waals surface area contributed by atoms with Crippen LogP contribution < -0.4 is 4.74 Å². The van der Waals surface area contributed by atoms with E-state index in [-0.39, 0.29) is 10.7 Å². The van der Waals surface area contributed by atoms with E-state index in [9.17, 15) is 4.79 Å². The lowest BCUT2D eigenvalue weighted by atomic mass is 10.1. The summed E-state index contributed by atoms with van der Waals surface area (Å²) in [6, 6.07) is 5.00. The Morgan fingerprint density at radius 2 is 2.17 bits per heavy atom. The number of carbonyl (C=O) groups is 1. The molecular weight excluding hydrogens is 344 g/mol. The summed E-state index contributed by atoms with van der Waals surface area (Å²) in [5, 5.41) is 1.28. The minimum Gasteiger partial charge on any atom is -0.496 e.